The van der Waals surface area contributed by atoms with E-state index in [1.807, 2.05) is 12.2 Å². The van der Waals surface area contributed by atoms with Crippen molar-refractivity contribution >= 4 is 0 Å². The summed E-state index contributed by atoms with van der Waals surface area (Å²) in [5, 5.41) is 0. The summed E-state index contributed by atoms with van der Waals surface area (Å²) < 4.78 is 27.5. The predicted octanol–water partition coefficient (Wildman–Crippen LogP) is 5.50. The highest BCUT2D eigenvalue weighted by Crippen LogP contribution is 2.31. The van der Waals surface area contributed by atoms with Gasteiger partial charge in [-0.2, -0.15) is 0 Å². The lowest BCUT2D eigenvalue weighted by molar-refractivity contribution is 0.0987. The Labute approximate surface area is 117 Å². The van der Waals surface area contributed by atoms with Gasteiger partial charge in [0.1, 0.15) is 12.3 Å². The quantitative estimate of drug-likeness (QED) is 0.559. The van der Waals surface area contributed by atoms with Crippen molar-refractivity contribution in [2.24, 2.45) is 23.7 Å². The number of alkyl halides is 2. The molecule has 110 valence electrons. The van der Waals surface area contributed by atoms with Crippen molar-refractivity contribution in [3.05, 3.63) is 24.8 Å². The average molecular weight is 270 g/mol. The predicted molar refractivity (Wildman–Crippen MR) is 78.6 cm³/mol. The standard InChI is InChI=1S/C17H28F2/c1-5-14-8-10-15(11-9-14)7-6-13(4)17(19)16(18)12(2)3/h5-7,12-17H,1,8-11H2,2-4H3/b7-6+. The summed E-state index contributed by atoms with van der Waals surface area (Å²) in [6, 6.07) is 0. The molecule has 3 unspecified atom stereocenters. The highest BCUT2D eigenvalue weighted by molar-refractivity contribution is 4.98. The molecule has 0 heterocycles. The summed E-state index contributed by atoms with van der Waals surface area (Å²) in [4.78, 5) is 0. The van der Waals surface area contributed by atoms with Gasteiger partial charge in [-0.1, -0.05) is 39.0 Å². The summed E-state index contributed by atoms with van der Waals surface area (Å²) in [6.07, 6.45) is 7.88. The van der Waals surface area contributed by atoms with Gasteiger partial charge in [-0.15, -0.1) is 6.58 Å². The molecule has 1 fully saturated rings. The van der Waals surface area contributed by atoms with Crippen molar-refractivity contribution in [3.63, 3.8) is 0 Å². The van der Waals surface area contributed by atoms with Gasteiger partial charge in [0.25, 0.3) is 0 Å². The van der Waals surface area contributed by atoms with E-state index in [0.29, 0.717) is 11.8 Å². The minimum absolute atomic E-state index is 0.256. The molecule has 0 spiro atoms. The lowest BCUT2D eigenvalue weighted by atomic mass is 9.81. The van der Waals surface area contributed by atoms with Crippen molar-refractivity contribution < 1.29 is 8.78 Å². The van der Waals surface area contributed by atoms with Gasteiger partial charge in [0.05, 0.1) is 0 Å². The van der Waals surface area contributed by atoms with Gasteiger partial charge in [0.15, 0.2) is 0 Å². The summed E-state index contributed by atoms with van der Waals surface area (Å²) in [6.45, 7) is 9.06. The van der Waals surface area contributed by atoms with Gasteiger partial charge in [-0.3, -0.25) is 0 Å². The summed E-state index contributed by atoms with van der Waals surface area (Å²) in [5.41, 5.74) is 0. The van der Waals surface area contributed by atoms with Crippen LogP contribution in [0.3, 0.4) is 0 Å². The van der Waals surface area contributed by atoms with Crippen LogP contribution >= 0.6 is 0 Å². The highest BCUT2D eigenvalue weighted by atomic mass is 19.2. The van der Waals surface area contributed by atoms with Crippen LogP contribution in [0.15, 0.2) is 24.8 Å². The maximum Gasteiger partial charge on any atom is 0.137 e. The fraction of sp³-hybridized carbons (Fsp3) is 0.765. The molecule has 0 nitrogen and oxygen atoms in total. The highest BCUT2D eigenvalue weighted by Gasteiger charge is 2.27. The summed E-state index contributed by atoms with van der Waals surface area (Å²) >= 11 is 0. The van der Waals surface area contributed by atoms with E-state index in [0.717, 1.165) is 12.8 Å². The zero-order valence-corrected chi connectivity index (χ0v) is 12.5. The molecule has 0 bridgehead atoms. The molecular formula is C17H28F2. The lowest BCUT2D eigenvalue weighted by Crippen LogP contribution is -2.28. The largest absolute Gasteiger partial charge is 0.244 e. The summed E-state index contributed by atoms with van der Waals surface area (Å²) in [7, 11) is 0. The van der Waals surface area contributed by atoms with E-state index >= 15 is 0 Å². The molecule has 1 aliphatic rings. The van der Waals surface area contributed by atoms with E-state index in [1.54, 1.807) is 20.8 Å². The minimum atomic E-state index is -1.39. The third-order valence-corrected chi connectivity index (χ3v) is 4.28. The molecule has 2 heteroatoms. The smallest absolute Gasteiger partial charge is 0.137 e. The number of allylic oxidation sites excluding steroid dienone is 3. The molecule has 0 radical (unpaired) electrons. The number of hydrogen-bond donors (Lipinski definition) is 0. The van der Waals surface area contributed by atoms with Gasteiger partial charge in [-0.25, -0.2) is 8.78 Å². The Kier molecular flexibility index (Phi) is 6.74. The normalized spacial score (nSPS) is 29.4. The van der Waals surface area contributed by atoms with Crippen LogP contribution in [-0.2, 0) is 0 Å². The second-order valence-electron chi connectivity index (χ2n) is 6.29. The van der Waals surface area contributed by atoms with Crippen molar-refractivity contribution in [1.29, 1.82) is 0 Å². The van der Waals surface area contributed by atoms with Crippen molar-refractivity contribution in [2.75, 3.05) is 0 Å². The zero-order chi connectivity index (χ0) is 14.4. The zero-order valence-electron chi connectivity index (χ0n) is 12.5. The fourth-order valence-electron chi connectivity index (χ4n) is 2.67. The van der Waals surface area contributed by atoms with Crippen LogP contribution in [-0.4, -0.2) is 12.3 Å². The molecular weight excluding hydrogens is 242 g/mol. The molecule has 3 atom stereocenters. The van der Waals surface area contributed by atoms with Crippen LogP contribution < -0.4 is 0 Å². The topological polar surface area (TPSA) is 0 Å². The van der Waals surface area contributed by atoms with Gasteiger partial charge < -0.3 is 0 Å². The number of hydrogen-bond acceptors (Lipinski definition) is 0. The molecule has 0 N–H and O–H groups in total. The Balaban J connectivity index is 2.41. The summed E-state index contributed by atoms with van der Waals surface area (Å²) in [5.74, 6) is 0.582. The van der Waals surface area contributed by atoms with E-state index in [2.05, 4.69) is 12.7 Å². The molecule has 0 aliphatic heterocycles. The third kappa shape index (κ3) is 5.08. The Morgan fingerprint density at radius 3 is 1.95 bits per heavy atom. The molecule has 0 saturated heterocycles. The average Bonchev–Trinajstić information content (AvgIpc) is 2.43. The monoisotopic (exact) mass is 270 g/mol. The minimum Gasteiger partial charge on any atom is -0.244 e. The van der Waals surface area contributed by atoms with E-state index in [4.69, 9.17) is 0 Å². The van der Waals surface area contributed by atoms with E-state index in [1.165, 1.54) is 12.8 Å². The first kappa shape index (κ1) is 16.4. The van der Waals surface area contributed by atoms with Gasteiger partial charge in [0.2, 0.25) is 0 Å². The van der Waals surface area contributed by atoms with Gasteiger partial charge >= 0.3 is 0 Å². The van der Waals surface area contributed by atoms with Crippen molar-refractivity contribution in [1.82, 2.24) is 0 Å². The Morgan fingerprint density at radius 1 is 0.947 bits per heavy atom. The first-order valence-electron chi connectivity index (χ1n) is 7.54. The molecule has 0 amide bonds. The molecule has 1 aliphatic carbocycles. The number of rotatable bonds is 6. The maximum absolute atomic E-state index is 13.9. The first-order valence-corrected chi connectivity index (χ1v) is 7.54. The first-order chi connectivity index (χ1) is 8.95. The van der Waals surface area contributed by atoms with Crippen LogP contribution in [0.4, 0.5) is 8.78 Å². The van der Waals surface area contributed by atoms with Crippen molar-refractivity contribution in [3.8, 4) is 0 Å². The van der Waals surface area contributed by atoms with Crippen LogP contribution in [0.25, 0.3) is 0 Å². The second kappa shape index (κ2) is 7.81. The van der Waals surface area contributed by atoms with Gasteiger partial charge in [0, 0.05) is 5.92 Å². The van der Waals surface area contributed by atoms with E-state index in [-0.39, 0.29) is 11.8 Å². The molecule has 1 rings (SSSR count). The van der Waals surface area contributed by atoms with Crippen LogP contribution in [0, 0.1) is 23.7 Å². The van der Waals surface area contributed by atoms with Crippen LogP contribution in [0.2, 0.25) is 0 Å². The SMILES string of the molecule is C=CC1CCC(/C=C/C(C)C(F)C(F)C(C)C)CC1. The Bertz CT molecular complexity index is 288. The Morgan fingerprint density at radius 2 is 1.47 bits per heavy atom. The van der Waals surface area contributed by atoms with Crippen LogP contribution in [0.1, 0.15) is 46.5 Å². The van der Waals surface area contributed by atoms with Crippen LogP contribution in [0.5, 0.6) is 0 Å². The Hall–Kier alpha value is -0.660. The fourth-order valence-corrected chi connectivity index (χ4v) is 2.67. The third-order valence-electron chi connectivity index (χ3n) is 4.28. The lowest BCUT2D eigenvalue weighted by Gasteiger charge is -2.25. The van der Waals surface area contributed by atoms with Gasteiger partial charge in [-0.05, 0) is 43.4 Å². The van der Waals surface area contributed by atoms with E-state index < -0.39 is 12.3 Å². The molecule has 19 heavy (non-hydrogen) atoms. The number of halogens is 2. The molecule has 0 aromatic rings. The molecule has 1 saturated carbocycles. The van der Waals surface area contributed by atoms with E-state index in [9.17, 15) is 8.78 Å². The van der Waals surface area contributed by atoms with Crippen molar-refractivity contribution in [2.45, 2.75) is 58.8 Å². The molecule has 0 aromatic carbocycles. The maximum atomic E-state index is 13.9. The second-order valence-corrected chi connectivity index (χ2v) is 6.29. The molecule has 0 aromatic heterocycles.